The van der Waals surface area contributed by atoms with Crippen LogP contribution in [0, 0.1) is 0 Å². The Morgan fingerprint density at radius 3 is 2.57 bits per heavy atom. The first-order chi connectivity index (χ1) is 17.0. The van der Waals surface area contributed by atoms with Gasteiger partial charge in [0.15, 0.2) is 0 Å². The molecule has 2 aliphatic heterocycles. The summed E-state index contributed by atoms with van der Waals surface area (Å²) in [5, 5.41) is 4.91. The third-order valence-electron chi connectivity index (χ3n) is 6.54. The lowest BCUT2D eigenvalue weighted by molar-refractivity contribution is -0.115. The van der Waals surface area contributed by atoms with Crippen molar-refractivity contribution in [1.82, 2.24) is 9.80 Å². The summed E-state index contributed by atoms with van der Waals surface area (Å²) >= 11 is 1.56. The number of rotatable bonds is 6. The Labute approximate surface area is 209 Å². The molecule has 3 heterocycles. The van der Waals surface area contributed by atoms with Crippen molar-refractivity contribution in [3.05, 3.63) is 81.5 Å². The maximum absolute atomic E-state index is 13.1. The van der Waals surface area contributed by atoms with Crippen LogP contribution in [-0.4, -0.2) is 67.7 Å². The van der Waals surface area contributed by atoms with E-state index in [1.165, 1.54) is 12.7 Å². The fourth-order valence-corrected chi connectivity index (χ4v) is 5.29. The summed E-state index contributed by atoms with van der Waals surface area (Å²) in [6.45, 7) is 5.27. The highest BCUT2D eigenvalue weighted by molar-refractivity contribution is 7.12. The molecule has 1 fully saturated rings. The number of methoxy groups -OCH3 is 1. The molecule has 3 aromatic rings. The van der Waals surface area contributed by atoms with Gasteiger partial charge in [-0.15, -0.1) is 11.3 Å². The number of thiophene rings is 1. The van der Waals surface area contributed by atoms with Gasteiger partial charge in [-0.3, -0.25) is 14.7 Å². The van der Waals surface area contributed by atoms with Gasteiger partial charge < -0.3 is 15.0 Å². The van der Waals surface area contributed by atoms with E-state index < -0.39 is 11.9 Å². The standard InChI is InChI=1S/C27H28N4O3S/c1-30-11-13-31(14-12-30)17-18-5-8-20(9-6-18)28-25(23-4-3-15-35-23)24-21-10-7-19(27(33)34-2)16-22(21)29-26(24)32/h3-10,15-16,24H,11-14,17H2,1-2H3,(H,29,32). The van der Waals surface area contributed by atoms with E-state index in [0.29, 0.717) is 17.0 Å². The van der Waals surface area contributed by atoms with Gasteiger partial charge >= 0.3 is 5.97 Å². The molecule has 5 rings (SSSR count). The molecule has 35 heavy (non-hydrogen) atoms. The molecular formula is C27H28N4O3S. The van der Waals surface area contributed by atoms with Crippen LogP contribution in [0.15, 0.2) is 65.0 Å². The van der Waals surface area contributed by atoms with Crippen LogP contribution in [0.1, 0.15) is 32.3 Å². The number of piperazine rings is 1. The van der Waals surface area contributed by atoms with Gasteiger partial charge in [-0.05, 0) is 53.9 Å². The van der Waals surface area contributed by atoms with Gasteiger partial charge in [0.1, 0.15) is 5.92 Å². The quantitative estimate of drug-likeness (QED) is 0.417. The highest BCUT2D eigenvalue weighted by atomic mass is 32.1. The minimum Gasteiger partial charge on any atom is -0.465 e. The third-order valence-corrected chi connectivity index (χ3v) is 7.43. The van der Waals surface area contributed by atoms with Crippen molar-refractivity contribution < 1.29 is 14.3 Å². The molecule has 0 aliphatic carbocycles. The normalized spacial score (nSPS) is 18.9. The topological polar surface area (TPSA) is 74.2 Å². The van der Waals surface area contributed by atoms with E-state index in [2.05, 4.69) is 34.3 Å². The molecule has 1 unspecified atom stereocenters. The molecule has 2 aromatic carbocycles. The number of anilines is 1. The fourth-order valence-electron chi connectivity index (χ4n) is 4.54. The molecule has 7 nitrogen and oxygen atoms in total. The Kier molecular flexibility index (Phi) is 6.77. The highest BCUT2D eigenvalue weighted by Gasteiger charge is 2.36. The van der Waals surface area contributed by atoms with Crippen molar-refractivity contribution in [3.63, 3.8) is 0 Å². The zero-order valence-corrected chi connectivity index (χ0v) is 20.7. The summed E-state index contributed by atoms with van der Waals surface area (Å²) in [4.78, 5) is 35.8. The number of esters is 1. The van der Waals surface area contributed by atoms with Crippen LogP contribution in [0.5, 0.6) is 0 Å². The summed E-state index contributed by atoms with van der Waals surface area (Å²) in [7, 11) is 3.51. The zero-order chi connectivity index (χ0) is 24.4. The smallest absolute Gasteiger partial charge is 0.337 e. The van der Waals surface area contributed by atoms with E-state index in [9.17, 15) is 9.59 Å². The van der Waals surface area contributed by atoms with Crippen molar-refractivity contribution in [1.29, 1.82) is 0 Å². The Morgan fingerprint density at radius 1 is 1.11 bits per heavy atom. The number of fused-ring (bicyclic) bond motifs is 1. The Bertz CT molecular complexity index is 1250. The number of aliphatic imine (C=N–C) groups is 1. The average Bonchev–Trinajstić information content (AvgIpc) is 3.52. The second-order valence-corrected chi connectivity index (χ2v) is 9.88. The number of nitrogens with zero attached hydrogens (tertiary/aromatic N) is 3. The Morgan fingerprint density at radius 2 is 1.89 bits per heavy atom. The van der Waals surface area contributed by atoms with Crippen molar-refractivity contribution >= 4 is 40.3 Å². The molecule has 180 valence electrons. The zero-order valence-electron chi connectivity index (χ0n) is 19.9. The SMILES string of the molecule is COC(=O)c1ccc2c(c1)NC(=O)C2C(=Nc1ccc(CN2CCN(C)CC2)cc1)c1cccs1. The predicted octanol–water partition coefficient (Wildman–Crippen LogP) is 4.14. The van der Waals surface area contributed by atoms with Crippen LogP contribution in [0.3, 0.4) is 0 Å². The van der Waals surface area contributed by atoms with Crippen molar-refractivity contribution in [3.8, 4) is 0 Å². The predicted molar refractivity (Wildman–Crippen MR) is 139 cm³/mol. The molecule has 0 radical (unpaired) electrons. The molecule has 8 heteroatoms. The molecule has 0 bridgehead atoms. The molecule has 0 spiro atoms. The minimum atomic E-state index is -0.555. The van der Waals surface area contributed by atoms with E-state index in [4.69, 9.17) is 9.73 Å². The number of nitrogens with one attached hydrogen (secondary N) is 1. The van der Waals surface area contributed by atoms with Crippen LogP contribution in [0.4, 0.5) is 11.4 Å². The number of likely N-dealkylation sites (N-methyl/N-ethyl adjacent to an activating group) is 1. The number of carbonyl (C=O) groups is 2. The Hall–Kier alpha value is -3.33. The number of hydrogen-bond acceptors (Lipinski definition) is 7. The molecule has 0 saturated carbocycles. The van der Waals surface area contributed by atoms with E-state index in [1.807, 2.05) is 35.7 Å². The van der Waals surface area contributed by atoms with Crippen molar-refractivity contribution in [2.24, 2.45) is 4.99 Å². The van der Waals surface area contributed by atoms with E-state index >= 15 is 0 Å². The molecule has 1 aromatic heterocycles. The van der Waals surface area contributed by atoms with E-state index in [1.54, 1.807) is 23.5 Å². The number of carbonyl (C=O) groups excluding carboxylic acids is 2. The van der Waals surface area contributed by atoms with Crippen molar-refractivity contribution in [2.75, 3.05) is 45.7 Å². The van der Waals surface area contributed by atoms with Gasteiger partial charge in [0.25, 0.3) is 0 Å². The summed E-state index contributed by atoms with van der Waals surface area (Å²) in [6, 6.07) is 17.4. The van der Waals surface area contributed by atoms with Gasteiger partial charge in [-0.25, -0.2) is 4.79 Å². The van der Waals surface area contributed by atoms with Gasteiger partial charge in [0.2, 0.25) is 5.91 Å². The second-order valence-electron chi connectivity index (χ2n) is 8.94. The van der Waals surface area contributed by atoms with Gasteiger partial charge in [-0.2, -0.15) is 0 Å². The molecule has 1 N–H and O–H groups in total. The van der Waals surface area contributed by atoms with Crippen LogP contribution in [0.25, 0.3) is 0 Å². The summed E-state index contributed by atoms with van der Waals surface area (Å²) in [5.74, 6) is -1.14. The van der Waals surface area contributed by atoms with Crippen molar-refractivity contribution in [2.45, 2.75) is 12.5 Å². The number of amides is 1. The first kappa shape index (κ1) is 23.4. The largest absolute Gasteiger partial charge is 0.465 e. The number of benzene rings is 2. The molecular weight excluding hydrogens is 460 g/mol. The Balaban J connectivity index is 1.43. The third kappa shape index (κ3) is 5.05. The minimum absolute atomic E-state index is 0.152. The average molecular weight is 489 g/mol. The lowest BCUT2D eigenvalue weighted by Crippen LogP contribution is -2.43. The van der Waals surface area contributed by atoms with Crippen LogP contribution >= 0.6 is 11.3 Å². The molecule has 1 amide bonds. The fraction of sp³-hybridized carbons (Fsp3) is 0.296. The summed E-state index contributed by atoms with van der Waals surface area (Å²) in [5.41, 5.74) is 4.59. The lowest BCUT2D eigenvalue weighted by Gasteiger charge is -2.32. The van der Waals surface area contributed by atoms with Crippen LogP contribution in [-0.2, 0) is 16.1 Å². The van der Waals surface area contributed by atoms with Gasteiger partial charge in [0.05, 0.1) is 24.1 Å². The van der Waals surface area contributed by atoms with E-state index in [-0.39, 0.29) is 5.91 Å². The highest BCUT2D eigenvalue weighted by Crippen LogP contribution is 2.37. The maximum Gasteiger partial charge on any atom is 0.337 e. The second kappa shape index (κ2) is 10.1. The molecule has 2 aliphatic rings. The summed E-state index contributed by atoms with van der Waals surface area (Å²) in [6.07, 6.45) is 0. The monoisotopic (exact) mass is 488 g/mol. The van der Waals surface area contributed by atoms with Crippen LogP contribution in [0.2, 0.25) is 0 Å². The molecule has 1 saturated heterocycles. The van der Waals surface area contributed by atoms with Crippen LogP contribution < -0.4 is 5.32 Å². The first-order valence-electron chi connectivity index (χ1n) is 11.7. The first-order valence-corrected chi connectivity index (χ1v) is 12.5. The number of ether oxygens (including phenoxy) is 1. The molecule has 1 atom stereocenters. The lowest BCUT2D eigenvalue weighted by atomic mass is 9.93. The number of hydrogen-bond donors (Lipinski definition) is 1. The van der Waals surface area contributed by atoms with E-state index in [0.717, 1.165) is 48.9 Å². The van der Waals surface area contributed by atoms with Gasteiger partial charge in [0, 0.05) is 43.3 Å². The maximum atomic E-state index is 13.1. The summed E-state index contributed by atoms with van der Waals surface area (Å²) < 4.78 is 4.82. The van der Waals surface area contributed by atoms with Gasteiger partial charge in [-0.1, -0.05) is 24.3 Å².